The molecule has 0 aliphatic carbocycles. The van der Waals surface area contributed by atoms with Crippen LogP contribution in [0, 0.1) is 0 Å². The highest BCUT2D eigenvalue weighted by atomic mass is 16.4. The lowest BCUT2D eigenvalue weighted by Crippen LogP contribution is -1.86. The van der Waals surface area contributed by atoms with Gasteiger partial charge in [-0.3, -0.25) is 4.79 Å². The Balaban J connectivity index is -0.0000000267. The van der Waals surface area contributed by atoms with E-state index in [9.17, 15) is 4.79 Å². The van der Waals surface area contributed by atoms with Gasteiger partial charge in [0.25, 0.3) is 0 Å². The minimum atomic E-state index is -0.745. The standard InChI is InChI=1S/C3H6O2.CH4.2H3N/c1-2-3(4)5;;;/h2H2,1H3,(H,4,5);1H4;2*1H3. The van der Waals surface area contributed by atoms with Crippen molar-refractivity contribution in [3.63, 3.8) is 0 Å². The number of carbonyl (C=O) groups is 1. The molecule has 0 bridgehead atoms. The minimum Gasteiger partial charge on any atom is -0.481 e. The van der Waals surface area contributed by atoms with Gasteiger partial charge in [0.05, 0.1) is 0 Å². The van der Waals surface area contributed by atoms with Gasteiger partial charge in [-0.15, -0.1) is 0 Å². The minimum absolute atomic E-state index is 0. The van der Waals surface area contributed by atoms with E-state index in [0.717, 1.165) is 0 Å². The van der Waals surface area contributed by atoms with Crippen molar-refractivity contribution in [2.45, 2.75) is 20.8 Å². The quantitative estimate of drug-likeness (QED) is 0.491. The van der Waals surface area contributed by atoms with E-state index in [1.165, 1.54) is 0 Å². The van der Waals surface area contributed by atoms with E-state index < -0.39 is 5.97 Å². The van der Waals surface area contributed by atoms with Crippen LogP contribution in [0.4, 0.5) is 0 Å². The molecule has 0 radical (unpaired) electrons. The third-order valence-electron chi connectivity index (χ3n) is 0.302. The molecule has 4 nitrogen and oxygen atoms in total. The molecule has 0 saturated carbocycles. The van der Waals surface area contributed by atoms with E-state index in [1.54, 1.807) is 6.92 Å². The van der Waals surface area contributed by atoms with Crippen LogP contribution in [0.2, 0.25) is 0 Å². The highest BCUT2D eigenvalue weighted by molar-refractivity contribution is 5.66. The largest absolute Gasteiger partial charge is 0.481 e. The summed E-state index contributed by atoms with van der Waals surface area (Å²) in [5.74, 6) is -0.745. The molecule has 0 saturated heterocycles. The molecular formula is C4H16N2O2. The lowest BCUT2D eigenvalue weighted by molar-refractivity contribution is -0.136. The molecule has 0 fully saturated rings. The number of carboxylic acid groups (broad SMARTS) is 1. The average molecular weight is 124 g/mol. The van der Waals surface area contributed by atoms with Gasteiger partial charge in [0.15, 0.2) is 0 Å². The second-order valence-corrected chi connectivity index (χ2v) is 0.747. The molecule has 4 heteroatoms. The molecule has 0 aromatic heterocycles. The Hall–Kier alpha value is -0.610. The Bertz CT molecular complexity index is 47.3. The summed E-state index contributed by atoms with van der Waals surface area (Å²) < 4.78 is 0. The average Bonchev–Trinajstić information content (AvgIpc) is 1.38. The first-order chi connectivity index (χ1) is 2.27. The summed E-state index contributed by atoms with van der Waals surface area (Å²) in [5.41, 5.74) is 0. The van der Waals surface area contributed by atoms with E-state index >= 15 is 0 Å². The Labute approximate surface area is 50.1 Å². The molecule has 8 heavy (non-hydrogen) atoms. The van der Waals surface area contributed by atoms with Crippen LogP contribution in [0.5, 0.6) is 0 Å². The number of hydrogen-bond acceptors (Lipinski definition) is 3. The van der Waals surface area contributed by atoms with Crippen molar-refractivity contribution < 1.29 is 9.90 Å². The second kappa shape index (κ2) is 16.2. The maximum Gasteiger partial charge on any atom is 0.303 e. The van der Waals surface area contributed by atoms with Crippen molar-refractivity contribution in [1.82, 2.24) is 12.3 Å². The number of hydrogen-bond donors (Lipinski definition) is 3. The molecule has 54 valence electrons. The molecule has 0 rings (SSSR count). The van der Waals surface area contributed by atoms with Crippen molar-refractivity contribution >= 4 is 5.97 Å². The summed E-state index contributed by atoms with van der Waals surface area (Å²) in [7, 11) is 0. The van der Waals surface area contributed by atoms with Crippen LogP contribution >= 0.6 is 0 Å². The first-order valence-electron chi connectivity index (χ1n) is 1.49. The fourth-order valence-corrected chi connectivity index (χ4v) is 0. The molecule has 0 heterocycles. The molecule has 0 aliphatic rings. The van der Waals surface area contributed by atoms with Gasteiger partial charge >= 0.3 is 5.97 Å². The smallest absolute Gasteiger partial charge is 0.303 e. The molecule has 0 spiro atoms. The van der Waals surface area contributed by atoms with Crippen LogP contribution < -0.4 is 12.3 Å². The fraction of sp³-hybridized carbons (Fsp3) is 0.750. The lowest BCUT2D eigenvalue weighted by atomic mass is 10.5. The van der Waals surface area contributed by atoms with Crippen LogP contribution in [0.25, 0.3) is 0 Å². The molecule has 0 aromatic rings. The molecule has 0 aromatic carbocycles. The Morgan fingerprint density at radius 3 is 1.62 bits per heavy atom. The topological polar surface area (TPSA) is 107 Å². The predicted molar refractivity (Wildman–Crippen MR) is 34.7 cm³/mol. The summed E-state index contributed by atoms with van der Waals surface area (Å²) >= 11 is 0. The maximum absolute atomic E-state index is 9.37. The summed E-state index contributed by atoms with van der Waals surface area (Å²) in [6, 6.07) is 0. The van der Waals surface area contributed by atoms with Gasteiger partial charge in [0.1, 0.15) is 0 Å². The van der Waals surface area contributed by atoms with Gasteiger partial charge in [-0.25, -0.2) is 0 Å². The van der Waals surface area contributed by atoms with E-state index in [0.29, 0.717) is 0 Å². The fourth-order valence-electron chi connectivity index (χ4n) is 0. The van der Waals surface area contributed by atoms with Crippen LogP contribution in [0.3, 0.4) is 0 Å². The molecular weight excluding hydrogens is 108 g/mol. The molecule has 0 amide bonds. The van der Waals surface area contributed by atoms with Gasteiger partial charge in [-0.05, 0) is 0 Å². The molecule has 0 aliphatic heterocycles. The van der Waals surface area contributed by atoms with Crippen molar-refractivity contribution in [2.75, 3.05) is 0 Å². The predicted octanol–water partition coefficient (Wildman–Crippen LogP) is 1.44. The highest BCUT2D eigenvalue weighted by Gasteiger charge is 1.80. The van der Waals surface area contributed by atoms with Crippen molar-refractivity contribution in [3.05, 3.63) is 0 Å². The lowest BCUT2D eigenvalue weighted by Gasteiger charge is -1.71. The second-order valence-electron chi connectivity index (χ2n) is 0.747. The van der Waals surface area contributed by atoms with Gasteiger partial charge < -0.3 is 17.4 Å². The molecule has 0 unspecified atom stereocenters. The number of carboxylic acids is 1. The first kappa shape index (κ1) is 26.3. The number of aliphatic carboxylic acids is 1. The van der Waals surface area contributed by atoms with E-state index in [4.69, 9.17) is 5.11 Å². The van der Waals surface area contributed by atoms with Crippen LogP contribution in [-0.2, 0) is 4.79 Å². The SMILES string of the molecule is C.CCC(=O)O.N.N. The Morgan fingerprint density at radius 1 is 1.50 bits per heavy atom. The van der Waals surface area contributed by atoms with Crippen LogP contribution in [0.1, 0.15) is 20.8 Å². The highest BCUT2D eigenvalue weighted by Crippen LogP contribution is 1.67. The zero-order chi connectivity index (χ0) is 4.28. The summed E-state index contributed by atoms with van der Waals surface area (Å²) in [6.45, 7) is 1.60. The molecule has 7 N–H and O–H groups in total. The normalized spacial score (nSPS) is 4.62. The van der Waals surface area contributed by atoms with E-state index in [-0.39, 0.29) is 26.1 Å². The summed E-state index contributed by atoms with van der Waals surface area (Å²) in [4.78, 5) is 9.37. The Morgan fingerprint density at radius 2 is 1.62 bits per heavy atom. The van der Waals surface area contributed by atoms with Gasteiger partial charge in [0, 0.05) is 6.42 Å². The zero-order valence-corrected chi connectivity index (χ0v) is 4.48. The zero-order valence-electron chi connectivity index (χ0n) is 4.48. The van der Waals surface area contributed by atoms with Gasteiger partial charge in [-0.1, -0.05) is 14.4 Å². The summed E-state index contributed by atoms with van der Waals surface area (Å²) in [6.07, 6.45) is 0.222. The number of rotatable bonds is 1. The van der Waals surface area contributed by atoms with E-state index in [1.807, 2.05) is 0 Å². The van der Waals surface area contributed by atoms with Crippen LogP contribution in [-0.4, -0.2) is 11.1 Å². The van der Waals surface area contributed by atoms with Crippen molar-refractivity contribution in [3.8, 4) is 0 Å². The van der Waals surface area contributed by atoms with E-state index in [2.05, 4.69) is 0 Å². The van der Waals surface area contributed by atoms with Gasteiger partial charge in [-0.2, -0.15) is 0 Å². The van der Waals surface area contributed by atoms with Crippen molar-refractivity contribution in [2.24, 2.45) is 0 Å². The maximum atomic E-state index is 9.37. The third-order valence-corrected chi connectivity index (χ3v) is 0.302. The van der Waals surface area contributed by atoms with Crippen LogP contribution in [0.15, 0.2) is 0 Å². The first-order valence-corrected chi connectivity index (χ1v) is 1.49. The third kappa shape index (κ3) is 53.8. The molecule has 0 atom stereocenters. The monoisotopic (exact) mass is 124 g/mol. The Kier molecular flexibility index (Phi) is 53.0. The summed E-state index contributed by atoms with van der Waals surface area (Å²) in [5, 5.41) is 7.72. The van der Waals surface area contributed by atoms with Crippen molar-refractivity contribution in [1.29, 1.82) is 0 Å². The van der Waals surface area contributed by atoms with Gasteiger partial charge in [0.2, 0.25) is 0 Å².